The average molecular weight is 208 g/mol. The van der Waals surface area contributed by atoms with Gasteiger partial charge in [-0.3, -0.25) is 0 Å². The topological polar surface area (TPSA) is 0 Å². The van der Waals surface area contributed by atoms with E-state index in [2.05, 4.69) is 20.3 Å². The van der Waals surface area contributed by atoms with Crippen molar-refractivity contribution in [2.75, 3.05) is 0 Å². The van der Waals surface area contributed by atoms with Crippen molar-refractivity contribution in [3.8, 4) is 0 Å². The van der Waals surface area contributed by atoms with Gasteiger partial charge in [0.1, 0.15) is 0 Å². The summed E-state index contributed by atoms with van der Waals surface area (Å²) in [6, 6.07) is 8.03. The van der Waals surface area contributed by atoms with Crippen LogP contribution in [0.15, 0.2) is 24.3 Å². The maximum absolute atomic E-state index is 5.89. The van der Waals surface area contributed by atoms with E-state index in [1.54, 1.807) is 0 Å². The lowest BCUT2D eigenvalue weighted by molar-refractivity contribution is 0.701. The largest absolute Gasteiger partial charge is 0.151 e. The third-order valence-corrected chi connectivity index (χ3v) is 2.52. The van der Waals surface area contributed by atoms with Crippen LogP contribution in [0.2, 0.25) is 11.3 Å². The molecule has 0 saturated carbocycles. The van der Waals surface area contributed by atoms with Gasteiger partial charge in [0.15, 0.2) is 7.28 Å². The van der Waals surface area contributed by atoms with Gasteiger partial charge in [-0.1, -0.05) is 68.1 Å². The van der Waals surface area contributed by atoms with Crippen LogP contribution in [0.4, 0.5) is 0 Å². The quantitative estimate of drug-likeness (QED) is 0.493. The number of halogens is 1. The Bertz CT molecular complexity index is 260. The van der Waals surface area contributed by atoms with E-state index in [0.29, 0.717) is 0 Å². The lowest BCUT2D eigenvalue weighted by Crippen LogP contribution is -2.12. The van der Waals surface area contributed by atoms with Crippen LogP contribution in [0, 0.1) is 0 Å². The molecule has 0 N–H and O–H groups in total. The zero-order valence-corrected chi connectivity index (χ0v) is 9.56. The minimum absolute atomic E-state index is 0.826. The molecular formula is C12H17BCl. The molecule has 1 aromatic carbocycles. The van der Waals surface area contributed by atoms with Gasteiger partial charge < -0.3 is 0 Å². The summed E-state index contributed by atoms with van der Waals surface area (Å²) in [5.41, 5.74) is 1.24. The Morgan fingerprint density at radius 1 is 1.21 bits per heavy atom. The summed E-state index contributed by atoms with van der Waals surface area (Å²) in [4.78, 5) is 0. The first kappa shape index (κ1) is 11.6. The summed E-state index contributed by atoms with van der Waals surface area (Å²) in [7, 11) is 2.27. The molecule has 0 aliphatic carbocycles. The van der Waals surface area contributed by atoms with E-state index in [9.17, 15) is 0 Å². The molecular weight excluding hydrogens is 190 g/mol. The van der Waals surface area contributed by atoms with E-state index in [-0.39, 0.29) is 0 Å². The van der Waals surface area contributed by atoms with Gasteiger partial charge in [-0.2, -0.15) is 0 Å². The van der Waals surface area contributed by atoms with Crippen LogP contribution in [0.1, 0.15) is 32.6 Å². The molecule has 0 saturated heterocycles. The molecule has 0 heterocycles. The van der Waals surface area contributed by atoms with Crippen molar-refractivity contribution in [3.05, 3.63) is 29.3 Å². The monoisotopic (exact) mass is 207 g/mol. The summed E-state index contributed by atoms with van der Waals surface area (Å²) >= 11 is 5.89. The first-order chi connectivity index (χ1) is 6.83. The van der Waals surface area contributed by atoms with Gasteiger partial charge in [0, 0.05) is 5.02 Å². The molecule has 75 valence electrons. The van der Waals surface area contributed by atoms with Gasteiger partial charge in [0.05, 0.1) is 0 Å². The number of unbranched alkanes of at least 4 members (excludes halogenated alkanes) is 3. The van der Waals surface area contributed by atoms with Crippen molar-refractivity contribution in [1.82, 2.24) is 0 Å². The van der Waals surface area contributed by atoms with E-state index < -0.39 is 0 Å². The molecule has 0 atom stereocenters. The van der Waals surface area contributed by atoms with Crippen LogP contribution < -0.4 is 5.46 Å². The lowest BCUT2D eigenvalue weighted by atomic mass is 9.66. The Kier molecular flexibility index (Phi) is 5.78. The van der Waals surface area contributed by atoms with Gasteiger partial charge >= 0.3 is 0 Å². The first-order valence-corrected chi connectivity index (χ1v) is 5.79. The van der Waals surface area contributed by atoms with Gasteiger partial charge in [-0.25, -0.2) is 0 Å². The van der Waals surface area contributed by atoms with E-state index in [1.807, 2.05) is 18.2 Å². The molecule has 2 heteroatoms. The average Bonchev–Trinajstić information content (AvgIpc) is 2.18. The summed E-state index contributed by atoms with van der Waals surface area (Å²) in [5.74, 6) is 0. The molecule has 0 nitrogen and oxygen atoms in total. The van der Waals surface area contributed by atoms with Crippen LogP contribution in [0.3, 0.4) is 0 Å². The first-order valence-electron chi connectivity index (χ1n) is 5.41. The highest BCUT2D eigenvalue weighted by molar-refractivity contribution is 6.53. The highest BCUT2D eigenvalue weighted by Gasteiger charge is 1.96. The van der Waals surface area contributed by atoms with E-state index >= 15 is 0 Å². The van der Waals surface area contributed by atoms with Crippen molar-refractivity contribution in [2.45, 2.75) is 38.9 Å². The van der Waals surface area contributed by atoms with Gasteiger partial charge in [-0.15, -0.1) is 0 Å². The zero-order valence-electron chi connectivity index (χ0n) is 8.80. The van der Waals surface area contributed by atoms with Crippen molar-refractivity contribution in [2.24, 2.45) is 0 Å². The van der Waals surface area contributed by atoms with Crippen molar-refractivity contribution in [3.63, 3.8) is 0 Å². The lowest BCUT2D eigenvalue weighted by Gasteiger charge is -2.00. The molecule has 0 unspecified atom stereocenters. The third kappa shape index (κ3) is 4.71. The van der Waals surface area contributed by atoms with Crippen LogP contribution in [0.5, 0.6) is 0 Å². The Morgan fingerprint density at radius 3 is 2.79 bits per heavy atom. The predicted octanol–water partition coefficient (Wildman–Crippen LogP) is 3.67. The minimum Gasteiger partial charge on any atom is -0.0863 e. The highest BCUT2D eigenvalue weighted by atomic mass is 35.5. The maximum Gasteiger partial charge on any atom is 0.151 e. The third-order valence-electron chi connectivity index (χ3n) is 2.29. The molecule has 1 aromatic rings. The normalized spacial score (nSPS) is 10.1. The summed E-state index contributed by atoms with van der Waals surface area (Å²) < 4.78 is 0. The Labute approximate surface area is 92.9 Å². The molecule has 0 fully saturated rings. The van der Waals surface area contributed by atoms with Crippen molar-refractivity contribution in [1.29, 1.82) is 0 Å². The van der Waals surface area contributed by atoms with Crippen molar-refractivity contribution >= 4 is 24.3 Å². The fraction of sp³-hybridized carbons (Fsp3) is 0.500. The number of hydrogen-bond acceptors (Lipinski definition) is 0. The van der Waals surface area contributed by atoms with Crippen LogP contribution in [0.25, 0.3) is 0 Å². The van der Waals surface area contributed by atoms with E-state index in [4.69, 9.17) is 11.6 Å². The van der Waals surface area contributed by atoms with Crippen LogP contribution in [-0.2, 0) is 0 Å². The maximum atomic E-state index is 5.89. The SMILES string of the molecule is CCCCCC[B]c1cccc(Cl)c1. The molecule has 0 aromatic heterocycles. The highest BCUT2D eigenvalue weighted by Crippen LogP contribution is 2.05. The molecule has 14 heavy (non-hydrogen) atoms. The zero-order chi connectivity index (χ0) is 10.2. The van der Waals surface area contributed by atoms with E-state index in [1.165, 1.54) is 37.5 Å². The molecule has 0 aliphatic rings. The molecule has 0 bridgehead atoms. The molecule has 0 amide bonds. The second-order valence-electron chi connectivity index (χ2n) is 3.61. The second-order valence-corrected chi connectivity index (χ2v) is 4.04. The smallest absolute Gasteiger partial charge is 0.0863 e. The summed E-state index contributed by atoms with van der Waals surface area (Å²) in [6.07, 6.45) is 6.45. The standard InChI is InChI=1S/C12H17BCl/c1-2-3-4-5-9-13-11-7-6-8-12(14)10-11/h6-8,10H,2-5,9H2,1H3. The van der Waals surface area contributed by atoms with Crippen molar-refractivity contribution < 1.29 is 0 Å². The molecule has 1 rings (SSSR count). The molecule has 0 aliphatic heterocycles. The van der Waals surface area contributed by atoms with Crippen LogP contribution >= 0.6 is 11.6 Å². The Balaban J connectivity index is 2.18. The number of hydrogen-bond donors (Lipinski definition) is 0. The predicted molar refractivity (Wildman–Crippen MR) is 65.8 cm³/mol. The summed E-state index contributed by atoms with van der Waals surface area (Å²) in [5, 5.41) is 0.826. The molecule has 0 spiro atoms. The number of benzene rings is 1. The van der Waals surface area contributed by atoms with Gasteiger partial charge in [-0.05, 0) is 12.1 Å². The van der Waals surface area contributed by atoms with E-state index in [0.717, 1.165) is 5.02 Å². The van der Waals surface area contributed by atoms with Gasteiger partial charge in [0.2, 0.25) is 0 Å². The summed E-state index contributed by atoms with van der Waals surface area (Å²) in [6.45, 7) is 2.24. The Morgan fingerprint density at radius 2 is 2.07 bits per heavy atom. The fourth-order valence-corrected chi connectivity index (χ4v) is 1.67. The number of rotatable bonds is 6. The van der Waals surface area contributed by atoms with Crippen LogP contribution in [-0.4, -0.2) is 7.28 Å². The Hall–Kier alpha value is -0.425. The minimum atomic E-state index is 0.826. The molecule has 1 radical (unpaired) electrons. The second kappa shape index (κ2) is 6.95. The fourth-order valence-electron chi connectivity index (χ4n) is 1.47. The van der Waals surface area contributed by atoms with Gasteiger partial charge in [0.25, 0.3) is 0 Å².